The van der Waals surface area contributed by atoms with Gasteiger partial charge in [-0.2, -0.15) is 13.2 Å². The lowest BCUT2D eigenvalue weighted by molar-refractivity contribution is -0.137. The van der Waals surface area contributed by atoms with E-state index >= 15 is 0 Å². The fourth-order valence-corrected chi connectivity index (χ4v) is 3.80. The molecule has 0 spiro atoms. The van der Waals surface area contributed by atoms with Crippen molar-refractivity contribution < 1.29 is 32.3 Å². The second-order valence-corrected chi connectivity index (χ2v) is 8.00. The van der Waals surface area contributed by atoms with Gasteiger partial charge in [-0.15, -0.1) is 0 Å². The Kier molecular flexibility index (Phi) is 6.85. The molecule has 1 heterocycles. The molecule has 10 heteroatoms. The van der Waals surface area contributed by atoms with Gasteiger partial charge in [0.25, 0.3) is 0 Å². The smallest absolute Gasteiger partial charge is 0.416 e. The van der Waals surface area contributed by atoms with Crippen LogP contribution < -0.4 is 5.32 Å². The average molecular weight is 465 g/mol. The molecule has 0 unspecified atom stereocenters. The van der Waals surface area contributed by atoms with Crippen molar-refractivity contribution in [2.75, 3.05) is 18.5 Å². The van der Waals surface area contributed by atoms with Crippen LogP contribution in [0, 0.1) is 13.8 Å². The van der Waals surface area contributed by atoms with Crippen molar-refractivity contribution in [1.82, 2.24) is 9.47 Å². The first-order chi connectivity index (χ1) is 15.5. The molecule has 33 heavy (non-hydrogen) atoms. The molecule has 3 rings (SSSR count). The van der Waals surface area contributed by atoms with Crippen LogP contribution in [0.2, 0.25) is 0 Å². The first-order valence-corrected chi connectivity index (χ1v) is 10.6. The summed E-state index contributed by atoms with van der Waals surface area (Å²) >= 11 is 0. The molecule has 1 N–H and O–H groups in total. The Labute approximate surface area is 189 Å². The summed E-state index contributed by atoms with van der Waals surface area (Å²) in [5.41, 5.74) is 1.08. The molecule has 0 bridgehead atoms. The fraction of sp³-hybridized carbons (Fsp3) is 0.435. The predicted molar refractivity (Wildman–Crippen MR) is 115 cm³/mol. The molecule has 0 atom stereocenters. The normalized spacial score (nSPS) is 13.5. The van der Waals surface area contributed by atoms with E-state index in [1.807, 2.05) is 0 Å². The highest BCUT2D eigenvalue weighted by Crippen LogP contribution is 2.31. The van der Waals surface area contributed by atoms with Crippen LogP contribution in [-0.4, -0.2) is 46.4 Å². The van der Waals surface area contributed by atoms with Gasteiger partial charge >= 0.3 is 18.2 Å². The monoisotopic (exact) mass is 465 g/mol. The van der Waals surface area contributed by atoms with Gasteiger partial charge < -0.3 is 19.5 Å². The Morgan fingerprint density at radius 3 is 2.27 bits per heavy atom. The van der Waals surface area contributed by atoms with Crippen molar-refractivity contribution in [2.24, 2.45) is 7.05 Å². The van der Waals surface area contributed by atoms with Crippen molar-refractivity contribution >= 4 is 23.5 Å². The minimum atomic E-state index is -4.47. The number of nitrogens with one attached hydrogen (secondary N) is 1. The molecule has 0 radical (unpaired) electrons. The molecule has 2 aromatic rings. The number of esters is 1. The maximum Gasteiger partial charge on any atom is 0.416 e. The summed E-state index contributed by atoms with van der Waals surface area (Å²) in [6.45, 7) is 5.05. The number of amides is 2. The molecule has 1 aromatic heterocycles. The van der Waals surface area contributed by atoms with E-state index in [-0.39, 0.29) is 36.4 Å². The van der Waals surface area contributed by atoms with Crippen LogP contribution >= 0.6 is 0 Å². The zero-order chi connectivity index (χ0) is 24.5. The van der Waals surface area contributed by atoms with E-state index in [1.54, 1.807) is 32.4 Å². The molecular weight excluding hydrogens is 439 g/mol. The number of rotatable bonds is 7. The number of hydrogen-bond acceptors (Lipinski definition) is 4. The van der Waals surface area contributed by atoms with Crippen LogP contribution in [0.5, 0.6) is 0 Å². The Bertz CT molecular complexity index is 1070. The van der Waals surface area contributed by atoms with E-state index in [9.17, 15) is 27.6 Å². The average Bonchev–Trinajstić information content (AvgIpc) is 3.53. The quantitative estimate of drug-likeness (QED) is 0.474. The first kappa shape index (κ1) is 24.3. The summed E-state index contributed by atoms with van der Waals surface area (Å²) in [6.07, 6.45) is -3.01. The number of nitrogens with zero attached hydrogens (tertiary/aromatic N) is 2. The molecule has 1 saturated carbocycles. The van der Waals surface area contributed by atoms with Crippen LogP contribution in [0.15, 0.2) is 24.3 Å². The highest BCUT2D eigenvalue weighted by atomic mass is 19.4. The molecule has 0 aliphatic heterocycles. The van der Waals surface area contributed by atoms with Gasteiger partial charge in [-0.25, -0.2) is 9.59 Å². The van der Waals surface area contributed by atoms with Gasteiger partial charge in [0, 0.05) is 30.0 Å². The van der Waals surface area contributed by atoms with Gasteiger partial charge in [0.15, 0.2) is 5.78 Å². The Balaban J connectivity index is 1.78. The largest absolute Gasteiger partial charge is 0.461 e. The molecule has 0 saturated heterocycles. The van der Waals surface area contributed by atoms with Crippen molar-refractivity contribution in [3.8, 4) is 0 Å². The lowest BCUT2D eigenvalue weighted by atomic mass is 10.1. The van der Waals surface area contributed by atoms with Gasteiger partial charge in [0.1, 0.15) is 5.69 Å². The van der Waals surface area contributed by atoms with E-state index in [2.05, 4.69) is 5.32 Å². The van der Waals surface area contributed by atoms with Crippen LogP contribution in [-0.2, 0) is 18.0 Å². The lowest BCUT2D eigenvalue weighted by Gasteiger charge is -2.22. The molecule has 1 aliphatic carbocycles. The van der Waals surface area contributed by atoms with E-state index in [4.69, 9.17) is 4.74 Å². The third-order valence-electron chi connectivity index (χ3n) is 5.70. The number of alkyl halides is 3. The molecular formula is C23H26F3N3O4. The zero-order valence-corrected chi connectivity index (χ0v) is 18.9. The minimum absolute atomic E-state index is 0.128. The van der Waals surface area contributed by atoms with Gasteiger partial charge in [-0.3, -0.25) is 4.79 Å². The van der Waals surface area contributed by atoms with Gasteiger partial charge in [-0.05, 0) is 63.4 Å². The Morgan fingerprint density at radius 2 is 1.76 bits per heavy atom. The highest BCUT2D eigenvalue weighted by Gasteiger charge is 2.36. The van der Waals surface area contributed by atoms with Crippen molar-refractivity contribution in [1.29, 1.82) is 0 Å². The number of urea groups is 1. The number of ether oxygens (including phenoxy) is 1. The van der Waals surface area contributed by atoms with Crippen molar-refractivity contribution in [3.63, 3.8) is 0 Å². The van der Waals surface area contributed by atoms with Crippen LogP contribution in [0.1, 0.15) is 57.4 Å². The number of aromatic nitrogens is 1. The van der Waals surface area contributed by atoms with Gasteiger partial charge in [0.2, 0.25) is 0 Å². The number of carbonyl (C=O) groups excluding carboxylic acids is 3. The number of Topliss-reactive ketones (excluding diaryl/α,β-unsaturated/α-hetero) is 1. The van der Waals surface area contributed by atoms with Gasteiger partial charge in [0.05, 0.1) is 18.7 Å². The number of halogens is 3. The highest BCUT2D eigenvalue weighted by molar-refractivity contribution is 6.05. The zero-order valence-electron chi connectivity index (χ0n) is 18.9. The summed E-state index contributed by atoms with van der Waals surface area (Å²) < 4.78 is 44.9. The molecule has 178 valence electrons. The first-order valence-electron chi connectivity index (χ1n) is 10.6. The number of hydrogen-bond donors (Lipinski definition) is 1. The van der Waals surface area contributed by atoms with E-state index in [0.717, 1.165) is 25.0 Å². The molecule has 1 aromatic carbocycles. The maximum atomic E-state index is 13.2. The number of carbonyl (C=O) groups is 3. The van der Waals surface area contributed by atoms with Crippen LogP contribution in [0.4, 0.5) is 23.7 Å². The fourth-order valence-electron chi connectivity index (χ4n) is 3.80. The minimum Gasteiger partial charge on any atom is -0.461 e. The third kappa shape index (κ3) is 5.20. The Hall–Kier alpha value is -3.30. The summed E-state index contributed by atoms with van der Waals surface area (Å²) in [5.74, 6) is -0.857. The molecule has 1 aliphatic rings. The summed E-state index contributed by atoms with van der Waals surface area (Å²) in [7, 11) is 1.67. The number of benzene rings is 1. The Morgan fingerprint density at radius 1 is 1.15 bits per heavy atom. The summed E-state index contributed by atoms with van der Waals surface area (Å²) in [6, 6.07) is 3.42. The van der Waals surface area contributed by atoms with Crippen LogP contribution in [0.3, 0.4) is 0 Å². The van der Waals surface area contributed by atoms with E-state index in [1.165, 1.54) is 17.0 Å². The second-order valence-electron chi connectivity index (χ2n) is 8.00. The van der Waals surface area contributed by atoms with Gasteiger partial charge in [-0.1, -0.05) is 0 Å². The maximum absolute atomic E-state index is 13.2. The number of ketones is 1. The summed E-state index contributed by atoms with van der Waals surface area (Å²) in [5, 5.41) is 2.57. The molecule has 7 nitrogen and oxygen atoms in total. The second kappa shape index (κ2) is 9.29. The van der Waals surface area contributed by atoms with Crippen molar-refractivity contribution in [2.45, 2.75) is 45.8 Å². The summed E-state index contributed by atoms with van der Waals surface area (Å²) in [4.78, 5) is 39.7. The molecule has 2 amide bonds. The standard InChI is InChI=1S/C23H26F3N3O4/c1-5-33-21(31)20-13(2)19(14(3)28(20)4)18(30)12-29(17-10-11-17)22(32)27-16-8-6-15(7-9-16)23(24,25)26/h6-9,17H,5,10-12H2,1-4H3,(H,27,32). The molecule has 1 fully saturated rings. The third-order valence-corrected chi connectivity index (χ3v) is 5.70. The van der Waals surface area contributed by atoms with Crippen LogP contribution in [0.25, 0.3) is 0 Å². The van der Waals surface area contributed by atoms with E-state index < -0.39 is 23.7 Å². The van der Waals surface area contributed by atoms with E-state index in [0.29, 0.717) is 16.8 Å². The number of anilines is 1. The van der Waals surface area contributed by atoms with Crippen molar-refractivity contribution in [3.05, 3.63) is 52.3 Å². The lowest BCUT2D eigenvalue weighted by Crippen LogP contribution is -2.40. The topological polar surface area (TPSA) is 80.6 Å². The predicted octanol–water partition coefficient (Wildman–Crippen LogP) is 4.72. The SMILES string of the molecule is CCOC(=O)c1c(C)c(C(=O)CN(C(=O)Nc2ccc(C(F)(F)F)cc2)C2CC2)c(C)n1C.